The zero-order valence-corrected chi connectivity index (χ0v) is 12.7. The molecule has 0 amide bonds. The third-order valence-electron chi connectivity index (χ3n) is 3.47. The molecule has 6 heteroatoms. The molecule has 0 aliphatic heterocycles. The molecule has 0 saturated heterocycles. The quantitative estimate of drug-likeness (QED) is 0.641. The van der Waals surface area contributed by atoms with Crippen LogP contribution in [0, 0.1) is 20.8 Å². The van der Waals surface area contributed by atoms with Crippen LogP contribution in [0.3, 0.4) is 0 Å². The van der Waals surface area contributed by atoms with Crippen LogP contribution in [0.1, 0.15) is 27.7 Å². The number of rotatable bonds is 5. The smallest absolute Gasteiger partial charge is 0.0897 e. The van der Waals surface area contributed by atoms with Gasteiger partial charge in [-0.05, 0) is 32.8 Å². The monoisotopic (exact) mass is 279 g/mol. The summed E-state index contributed by atoms with van der Waals surface area (Å²) < 4.78 is 1.92. The average Bonchev–Trinajstić information content (AvgIpc) is 2.87. The summed E-state index contributed by atoms with van der Waals surface area (Å²) in [6, 6.07) is 0.183. The summed E-state index contributed by atoms with van der Waals surface area (Å²) >= 11 is 1.68. The third kappa shape index (κ3) is 3.20. The number of thiazole rings is 1. The topological polar surface area (TPSA) is 68.8 Å². The van der Waals surface area contributed by atoms with Crippen LogP contribution < -0.4 is 11.3 Å². The molecule has 2 rings (SSSR count). The van der Waals surface area contributed by atoms with Gasteiger partial charge in [-0.1, -0.05) is 0 Å². The minimum atomic E-state index is 0.183. The lowest BCUT2D eigenvalue weighted by molar-refractivity contribution is 0.516. The zero-order valence-electron chi connectivity index (χ0n) is 11.9. The van der Waals surface area contributed by atoms with Gasteiger partial charge in [-0.25, -0.2) is 4.98 Å². The fourth-order valence-electron chi connectivity index (χ4n) is 2.30. The van der Waals surface area contributed by atoms with E-state index < -0.39 is 0 Å². The number of nitrogens with one attached hydrogen (secondary N) is 1. The fraction of sp³-hybridized carbons (Fsp3) is 0.538. The molecule has 2 aromatic rings. The number of hydrazine groups is 1. The Labute approximate surface area is 117 Å². The molecule has 2 heterocycles. The molecule has 0 aromatic carbocycles. The van der Waals surface area contributed by atoms with E-state index in [1.807, 2.05) is 25.6 Å². The first-order valence-corrected chi connectivity index (χ1v) is 7.25. The van der Waals surface area contributed by atoms with Crippen molar-refractivity contribution in [2.75, 3.05) is 0 Å². The van der Waals surface area contributed by atoms with Crippen LogP contribution in [0.5, 0.6) is 0 Å². The van der Waals surface area contributed by atoms with Crippen molar-refractivity contribution in [3.05, 3.63) is 33.0 Å². The van der Waals surface area contributed by atoms with E-state index >= 15 is 0 Å². The maximum atomic E-state index is 5.68. The Bertz CT molecular complexity index is 557. The van der Waals surface area contributed by atoms with Gasteiger partial charge in [0.1, 0.15) is 0 Å². The van der Waals surface area contributed by atoms with Crippen LogP contribution in [0.4, 0.5) is 0 Å². The molecule has 0 fully saturated rings. The summed E-state index contributed by atoms with van der Waals surface area (Å²) in [5.74, 6) is 5.68. The standard InChI is InChI=1S/C13H21N5S/c1-8-13(9(2)18(4)17-8)6-11(16-14)5-12-7-19-10(3)15-12/h7,11,16H,5-6,14H2,1-4H3. The Morgan fingerprint density at radius 1 is 1.37 bits per heavy atom. The summed E-state index contributed by atoms with van der Waals surface area (Å²) in [6.07, 6.45) is 1.72. The second-order valence-corrected chi connectivity index (χ2v) is 5.96. The van der Waals surface area contributed by atoms with Gasteiger partial charge in [-0.3, -0.25) is 16.0 Å². The molecule has 1 unspecified atom stereocenters. The minimum absolute atomic E-state index is 0.183. The maximum absolute atomic E-state index is 5.68. The Morgan fingerprint density at radius 3 is 2.58 bits per heavy atom. The molecule has 3 N–H and O–H groups in total. The van der Waals surface area contributed by atoms with Crippen molar-refractivity contribution in [2.45, 2.75) is 39.7 Å². The first-order valence-electron chi connectivity index (χ1n) is 6.37. The molecule has 0 spiro atoms. The Morgan fingerprint density at radius 2 is 2.11 bits per heavy atom. The highest BCUT2D eigenvalue weighted by molar-refractivity contribution is 7.09. The highest BCUT2D eigenvalue weighted by atomic mass is 32.1. The highest BCUT2D eigenvalue weighted by Crippen LogP contribution is 2.17. The molecule has 2 aromatic heterocycles. The number of aryl methyl sites for hydroxylation is 3. The van der Waals surface area contributed by atoms with Gasteiger partial charge in [0, 0.05) is 30.6 Å². The van der Waals surface area contributed by atoms with Crippen molar-refractivity contribution in [1.29, 1.82) is 0 Å². The summed E-state index contributed by atoms with van der Waals surface area (Å²) in [4.78, 5) is 4.49. The van der Waals surface area contributed by atoms with Crippen LogP contribution in [0.15, 0.2) is 5.38 Å². The molecule has 0 aliphatic rings. The Kier molecular flexibility index (Phi) is 4.34. The molecule has 104 valence electrons. The van der Waals surface area contributed by atoms with Crippen molar-refractivity contribution in [3.8, 4) is 0 Å². The van der Waals surface area contributed by atoms with Gasteiger partial charge >= 0.3 is 0 Å². The summed E-state index contributed by atoms with van der Waals surface area (Å²) in [6.45, 7) is 6.16. The Hall–Kier alpha value is -1.24. The van der Waals surface area contributed by atoms with Crippen LogP contribution in [0.2, 0.25) is 0 Å². The molecule has 1 atom stereocenters. The molecule has 0 saturated carbocycles. The first-order chi connectivity index (χ1) is 9.01. The summed E-state index contributed by atoms with van der Waals surface area (Å²) in [5.41, 5.74) is 7.56. The fourth-order valence-corrected chi connectivity index (χ4v) is 2.93. The molecule has 5 nitrogen and oxygen atoms in total. The van der Waals surface area contributed by atoms with Crippen molar-refractivity contribution < 1.29 is 0 Å². The largest absolute Gasteiger partial charge is 0.272 e. The lowest BCUT2D eigenvalue weighted by Gasteiger charge is -2.15. The predicted octanol–water partition coefficient (Wildman–Crippen LogP) is 1.42. The second-order valence-electron chi connectivity index (χ2n) is 4.90. The van der Waals surface area contributed by atoms with E-state index in [0.717, 1.165) is 29.2 Å². The SMILES string of the molecule is Cc1nc(CC(Cc2c(C)nn(C)c2C)NN)cs1. The van der Waals surface area contributed by atoms with Crippen LogP contribution in [-0.2, 0) is 19.9 Å². The summed E-state index contributed by atoms with van der Waals surface area (Å²) in [5, 5.41) is 7.64. The van der Waals surface area contributed by atoms with Gasteiger partial charge in [0.2, 0.25) is 0 Å². The van der Waals surface area contributed by atoms with Gasteiger partial charge in [-0.15, -0.1) is 11.3 Å². The van der Waals surface area contributed by atoms with E-state index in [1.54, 1.807) is 11.3 Å². The number of nitrogens with two attached hydrogens (primary N) is 1. The van der Waals surface area contributed by atoms with E-state index in [9.17, 15) is 0 Å². The average molecular weight is 279 g/mol. The number of aromatic nitrogens is 3. The van der Waals surface area contributed by atoms with Gasteiger partial charge < -0.3 is 0 Å². The molecule has 0 radical (unpaired) electrons. The van der Waals surface area contributed by atoms with Gasteiger partial charge in [0.05, 0.1) is 16.4 Å². The van der Waals surface area contributed by atoms with Gasteiger partial charge in [-0.2, -0.15) is 5.10 Å². The first kappa shape index (κ1) is 14.2. The highest BCUT2D eigenvalue weighted by Gasteiger charge is 2.16. The number of hydrogen-bond acceptors (Lipinski definition) is 5. The van der Waals surface area contributed by atoms with Crippen molar-refractivity contribution in [2.24, 2.45) is 12.9 Å². The van der Waals surface area contributed by atoms with Crippen LogP contribution >= 0.6 is 11.3 Å². The van der Waals surface area contributed by atoms with Crippen molar-refractivity contribution in [1.82, 2.24) is 20.2 Å². The summed E-state index contributed by atoms with van der Waals surface area (Å²) in [7, 11) is 1.97. The van der Waals surface area contributed by atoms with Gasteiger partial charge in [0.15, 0.2) is 0 Å². The Balaban J connectivity index is 2.10. The van der Waals surface area contributed by atoms with E-state index in [1.165, 1.54) is 11.3 Å². The zero-order chi connectivity index (χ0) is 14.0. The van der Waals surface area contributed by atoms with E-state index in [4.69, 9.17) is 5.84 Å². The van der Waals surface area contributed by atoms with Crippen molar-refractivity contribution in [3.63, 3.8) is 0 Å². The normalized spacial score (nSPS) is 12.9. The molecule has 0 bridgehead atoms. The molecular weight excluding hydrogens is 258 g/mol. The van der Waals surface area contributed by atoms with E-state index in [-0.39, 0.29) is 6.04 Å². The maximum Gasteiger partial charge on any atom is 0.0897 e. The molecule has 19 heavy (non-hydrogen) atoms. The third-order valence-corrected chi connectivity index (χ3v) is 4.29. The molecule has 0 aliphatic carbocycles. The number of nitrogens with zero attached hydrogens (tertiary/aromatic N) is 3. The second kappa shape index (κ2) is 5.81. The minimum Gasteiger partial charge on any atom is -0.272 e. The number of hydrogen-bond donors (Lipinski definition) is 2. The van der Waals surface area contributed by atoms with Crippen LogP contribution in [-0.4, -0.2) is 20.8 Å². The lowest BCUT2D eigenvalue weighted by atomic mass is 10.0. The van der Waals surface area contributed by atoms with Crippen molar-refractivity contribution >= 4 is 11.3 Å². The van der Waals surface area contributed by atoms with Crippen LogP contribution in [0.25, 0.3) is 0 Å². The van der Waals surface area contributed by atoms with E-state index in [2.05, 4.69) is 27.8 Å². The predicted molar refractivity (Wildman–Crippen MR) is 78.1 cm³/mol. The van der Waals surface area contributed by atoms with Gasteiger partial charge in [0.25, 0.3) is 0 Å². The molecular formula is C13H21N5S. The van der Waals surface area contributed by atoms with E-state index in [0.29, 0.717) is 0 Å². The lowest BCUT2D eigenvalue weighted by Crippen LogP contribution is -2.38.